The Bertz CT molecular complexity index is 1950. The maximum atomic E-state index is 13.0. The van der Waals surface area contributed by atoms with Crippen LogP contribution in [0.3, 0.4) is 0 Å². The van der Waals surface area contributed by atoms with Crippen molar-refractivity contribution in [2.24, 2.45) is 4.99 Å². The van der Waals surface area contributed by atoms with Gasteiger partial charge in [-0.3, -0.25) is 9.79 Å². The maximum absolute atomic E-state index is 13.0. The zero-order valence-corrected chi connectivity index (χ0v) is 24.1. The number of Topliss-reactive ketones (excluding diaryl/α,β-unsaturated/α-hetero) is 1. The van der Waals surface area contributed by atoms with Gasteiger partial charge >= 0.3 is 5.63 Å². The van der Waals surface area contributed by atoms with Crippen molar-refractivity contribution in [2.45, 2.75) is 19.4 Å². The van der Waals surface area contributed by atoms with Gasteiger partial charge in [0, 0.05) is 28.5 Å². The number of hydrogen-bond acceptors (Lipinski definition) is 8. The minimum atomic E-state index is -0.509. The van der Waals surface area contributed by atoms with E-state index in [1.54, 1.807) is 42.5 Å². The average molecular weight is 595 g/mol. The van der Waals surface area contributed by atoms with Crippen molar-refractivity contribution >= 4 is 45.4 Å². The van der Waals surface area contributed by atoms with E-state index in [-0.39, 0.29) is 24.2 Å². The molecule has 1 atom stereocenters. The molecular weight excluding hydrogens is 568 g/mol. The topological polar surface area (TPSA) is 110 Å². The van der Waals surface area contributed by atoms with Crippen LogP contribution in [0.15, 0.2) is 99.1 Å². The summed E-state index contributed by atoms with van der Waals surface area (Å²) in [5, 5.41) is 15.3. The smallest absolute Gasteiger partial charge is 0.336 e. The first-order valence-electron chi connectivity index (χ1n) is 13.6. The van der Waals surface area contributed by atoms with Gasteiger partial charge in [-0.25, -0.2) is 4.79 Å². The van der Waals surface area contributed by atoms with E-state index in [9.17, 15) is 14.7 Å². The van der Waals surface area contributed by atoms with Crippen LogP contribution in [0.1, 0.15) is 39.5 Å². The molecule has 4 aromatic carbocycles. The highest BCUT2D eigenvalue weighted by Gasteiger charge is 2.27. The molecule has 0 amide bonds. The Morgan fingerprint density at radius 1 is 1.05 bits per heavy atom. The number of hydrogen-bond donors (Lipinski definition) is 2. The number of aromatic hydroxyl groups is 1. The molecule has 0 unspecified atom stereocenters. The van der Waals surface area contributed by atoms with Crippen molar-refractivity contribution in [1.82, 2.24) is 0 Å². The van der Waals surface area contributed by atoms with Crippen LogP contribution in [-0.2, 0) is 0 Å². The summed E-state index contributed by atoms with van der Waals surface area (Å²) in [5.41, 5.74) is 4.31. The Morgan fingerprint density at radius 2 is 1.81 bits per heavy atom. The summed E-state index contributed by atoms with van der Waals surface area (Å²) in [4.78, 5) is 30.7. The minimum Gasteiger partial charge on any atom is -0.504 e. The van der Waals surface area contributed by atoms with Gasteiger partial charge in [0.2, 0.25) is 0 Å². The number of nitrogens with one attached hydrogen (secondary N) is 1. The zero-order valence-electron chi connectivity index (χ0n) is 23.4. The quantitative estimate of drug-likeness (QED) is 0.149. The number of fused-ring (bicyclic) bond motifs is 2. The van der Waals surface area contributed by atoms with E-state index < -0.39 is 5.63 Å². The predicted molar refractivity (Wildman–Crippen MR) is 167 cm³/mol. The van der Waals surface area contributed by atoms with E-state index in [0.717, 1.165) is 22.2 Å². The number of ketones is 1. The van der Waals surface area contributed by atoms with Gasteiger partial charge in [0.05, 0.1) is 35.8 Å². The summed E-state index contributed by atoms with van der Waals surface area (Å²) in [6, 6.07) is 24.1. The second-order valence-electron chi connectivity index (χ2n) is 10.2. The molecule has 0 aliphatic carbocycles. The molecule has 0 fully saturated rings. The van der Waals surface area contributed by atoms with Crippen LogP contribution in [0.2, 0.25) is 5.02 Å². The number of halogens is 1. The van der Waals surface area contributed by atoms with Gasteiger partial charge in [0.15, 0.2) is 29.5 Å². The van der Waals surface area contributed by atoms with Crippen LogP contribution in [0.5, 0.6) is 17.2 Å². The molecule has 1 aliphatic rings. The van der Waals surface area contributed by atoms with Crippen LogP contribution in [0.25, 0.3) is 11.0 Å². The first-order valence-corrected chi connectivity index (χ1v) is 14.0. The summed E-state index contributed by atoms with van der Waals surface area (Å²) in [6.45, 7) is 1.58. The molecule has 0 bridgehead atoms. The fourth-order valence-electron chi connectivity index (χ4n) is 5.22. The van der Waals surface area contributed by atoms with Crippen LogP contribution in [0, 0.1) is 6.92 Å². The number of carbonyl (C=O) groups is 1. The SMILES string of the molecule is COc1ccc([C@@H]2CC(c3c(OCC(=O)c4ccc(Cl)cc4)ccc4c(C)cc(=O)oc34)=Nc3ccccc3N2)cc1O. The van der Waals surface area contributed by atoms with Crippen molar-refractivity contribution < 1.29 is 23.8 Å². The molecule has 43 heavy (non-hydrogen) atoms. The summed E-state index contributed by atoms with van der Waals surface area (Å²) in [5.74, 6) is 0.473. The molecule has 1 aliphatic heterocycles. The predicted octanol–water partition coefficient (Wildman–Crippen LogP) is 7.41. The van der Waals surface area contributed by atoms with Gasteiger partial charge in [-0.1, -0.05) is 29.8 Å². The molecule has 0 saturated carbocycles. The number of anilines is 1. The molecule has 0 radical (unpaired) electrons. The summed E-state index contributed by atoms with van der Waals surface area (Å²) in [7, 11) is 1.50. The lowest BCUT2D eigenvalue weighted by Gasteiger charge is -2.21. The van der Waals surface area contributed by atoms with Gasteiger partial charge in [-0.15, -0.1) is 0 Å². The number of methoxy groups -OCH3 is 1. The van der Waals surface area contributed by atoms with Crippen molar-refractivity contribution in [3.05, 3.63) is 123 Å². The highest BCUT2D eigenvalue weighted by atomic mass is 35.5. The van der Waals surface area contributed by atoms with Crippen molar-refractivity contribution in [1.29, 1.82) is 0 Å². The molecule has 0 spiro atoms. The third kappa shape index (κ3) is 5.69. The number of phenols is 1. The number of aliphatic imine (C=N–C) groups is 1. The van der Waals surface area contributed by atoms with Gasteiger partial charge in [0.1, 0.15) is 5.75 Å². The fraction of sp³-hybridized carbons (Fsp3) is 0.147. The lowest BCUT2D eigenvalue weighted by atomic mass is 9.94. The molecule has 6 rings (SSSR count). The minimum absolute atomic E-state index is 0.00865. The number of benzene rings is 4. The monoisotopic (exact) mass is 594 g/mol. The van der Waals surface area contributed by atoms with Crippen LogP contribution in [0.4, 0.5) is 11.4 Å². The van der Waals surface area contributed by atoms with E-state index in [0.29, 0.717) is 51.1 Å². The standard InChI is InChI=1S/C34H27ClN2O6/c1-19-15-32(40)43-34-23(19)12-14-31(42-18-29(39)20-7-10-22(35)11-8-20)33(34)27-17-26(21-9-13-30(41-2)28(38)16-21)36-24-5-3-4-6-25(24)37-27/h3-16,26,36,38H,17-18H2,1-2H3/t26-/m0/s1. The zero-order chi connectivity index (χ0) is 30.1. The number of ether oxygens (including phenoxy) is 2. The van der Waals surface area contributed by atoms with E-state index in [1.807, 2.05) is 43.3 Å². The molecule has 2 heterocycles. The third-order valence-corrected chi connectivity index (χ3v) is 7.64. The second kappa shape index (κ2) is 11.7. The average Bonchev–Trinajstić information content (AvgIpc) is 3.19. The van der Waals surface area contributed by atoms with Crippen LogP contribution < -0.4 is 20.4 Å². The van der Waals surface area contributed by atoms with Crippen LogP contribution in [-0.4, -0.2) is 30.3 Å². The lowest BCUT2D eigenvalue weighted by Crippen LogP contribution is -2.17. The third-order valence-electron chi connectivity index (χ3n) is 7.39. The molecule has 5 aromatic rings. The normalized spacial score (nSPS) is 14.3. The maximum Gasteiger partial charge on any atom is 0.336 e. The molecule has 8 nitrogen and oxygen atoms in total. The summed E-state index contributed by atoms with van der Waals surface area (Å²) in [6.07, 6.45) is 0.332. The van der Waals surface area contributed by atoms with Crippen molar-refractivity contribution in [3.63, 3.8) is 0 Å². The van der Waals surface area contributed by atoms with Gasteiger partial charge in [-0.05, 0) is 78.7 Å². The number of nitrogens with zero attached hydrogens (tertiary/aromatic N) is 1. The van der Waals surface area contributed by atoms with Crippen LogP contribution >= 0.6 is 11.6 Å². The highest BCUT2D eigenvalue weighted by Crippen LogP contribution is 2.40. The largest absolute Gasteiger partial charge is 0.504 e. The lowest BCUT2D eigenvalue weighted by molar-refractivity contribution is 0.0921. The van der Waals surface area contributed by atoms with Gasteiger partial charge < -0.3 is 24.3 Å². The molecule has 9 heteroatoms. The number of para-hydroxylation sites is 2. The molecular formula is C34H27ClN2O6. The number of aryl methyl sites for hydroxylation is 1. The van der Waals surface area contributed by atoms with Gasteiger partial charge in [0.25, 0.3) is 0 Å². The highest BCUT2D eigenvalue weighted by molar-refractivity contribution is 6.30. The fourth-order valence-corrected chi connectivity index (χ4v) is 5.35. The first kappa shape index (κ1) is 28.1. The van der Waals surface area contributed by atoms with E-state index in [2.05, 4.69) is 5.32 Å². The number of phenolic OH excluding ortho intramolecular Hbond substituents is 1. The number of rotatable bonds is 7. The molecule has 1 aromatic heterocycles. The Morgan fingerprint density at radius 3 is 2.58 bits per heavy atom. The van der Waals surface area contributed by atoms with Crippen molar-refractivity contribution in [2.75, 3.05) is 19.0 Å². The Hall–Kier alpha value is -5.08. The second-order valence-corrected chi connectivity index (χ2v) is 10.6. The van der Waals surface area contributed by atoms with Crippen molar-refractivity contribution in [3.8, 4) is 17.2 Å². The Kier molecular flexibility index (Phi) is 7.61. The molecule has 216 valence electrons. The summed E-state index contributed by atoms with van der Waals surface area (Å²) < 4.78 is 17.2. The molecule has 2 N–H and O–H groups in total. The Labute approximate surface area is 252 Å². The van der Waals surface area contributed by atoms with E-state index >= 15 is 0 Å². The first-order chi connectivity index (χ1) is 20.8. The summed E-state index contributed by atoms with van der Waals surface area (Å²) >= 11 is 5.99. The van der Waals surface area contributed by atoms with E-state index in [1.165, 1.54) is 13.2 Å². The molecule has 0 saturated heterocycles. The van der Waals surface area contributed by atoms with Gasteiger partial charge in [-0.2, -0.15) is 0 Å². The Balaban J connectivity index is 1.49. The van der Waals surface area contributed by atoms with E-state index in [4.69, 9.17) is 30.5 Å². The number of carbonyl (C=O) groups excluding carboxylic acids is 1.